The lowest BCUT2D eigenvalue weighted by molar-refractivity contribution is -0.118. The molecule has 124 valence electrons. The Hall–Kier alpha value is -2.75. The lowest BCUT2D eigenvalue weighted by Crippen LogP contribution is -2.27. The number of pyridine rings is 1. The molecule has 0 aliphatic heterocycles. The first-order valence-electron chi connectivity index (χ1n) is 7.23. The number of nitrogens with one attached hydrogen (secondary N) is 2. The van der Waals surface area contributed by atoms with Crippen LogP contribution < -0.4 is 5.32 Å². The van der Waals surface area contributed by atoms with Gasteiger partial charge in [0.05, 0.1) is 5.75 Å². The van der Waals surface area contributed by atoms with Crippen molar-refractivity contribution in [2.45, 2.75) is 18.5 Å². The number of amides is 1. The maximum atomic E-state index is 11.8. The minimum absolute atomic E-state index is 0.105. The Kier molecular flexibility index (Phi) is 5.16. The molecule has 3 heterocycles. The van der Waals surface area contributed by atoms with Crippen molar-refractivity contribution in [1.29, 1.82) is 0 Å². The molecule has 0 radical (unpaired) electrons. The zero-order valence-corrected chi connectivity index (χ0v) is 13.7. The molecule has 1 amide bonds. The van der Waals surface area contributed by atoms with Gasteiger partial charge in [-0.05, 0) is 19.1 Å². The van der Waals surface area contributed by atoms with Crippen LogP contribution in [0.1, 0.15) is 11.7 Å². The quantitative estimate of drug-likeness (QED) is 0.608. The summed E-state index contributed by atoms with van der Waals surface area (Å²) in [4.78, 5) is 24.3. The van der Waals surface area contributed by atoms with Crippen molar-refractivity contribution in [3.05, 3.63) is 36.1 Å². The van der Waals surface area contributed by atoms with Crippen molar-refractivity contribution in [3.8, 4) is 11.5 Å². The summed E-state index contributed by atoms with van der Waals surface area (Å²) < 4.78 is 5.15. The summed E-state index contributed by atoms with van der Waals surface area (Å²) in [7, 11) is 0. The van der Waals surface area contributed by atoms with Gasteiger partial charge in [-0.15, -0.1) is 5.10 Å². The molecule has 3 aromatic heterocycles. The molecular formula is C14H15N7O2S. The van der Waals surface area contributed by atoms with Crippen LogP contribution in [0.5, 0.6) is 0 Å². The van der Waals surface area contributed by atoms with Gasteiger partial charge in [0.15, 0.2) is 0 Å². The van der Waals surface area contributed by atoms with E-state index in [1.165, 1.54) is 11.8 Å². The van der Waals surface area contributed by atoms with Gasteiger partial charge < -0.3 is 9.84 Å². The lowest BCUT2D eigenvalue weighted by Gasteiger charge is -2.01. The summed E-state index contributed by atoms with van der Waals surface area (Å²) in [5.41, 5.74) is 0.648. The molecule has 10 heteroatoms. The van der Waals surface area contributed by atoms with Crippen molar-refractivity contribution in [2.24, 2.45) is 0 Å². The highest BCUT2D eigenvalue weighted by molar-refractivity contribution is 7.99. The average molecular weight is 345 g/mol. The maximum absolute atomic E-state index is 11.8. The monoisotopic (exact) mass is 345 g/mol. The van der Waals surface area contributed by atoms with Crippen molar-refractivity contribution in [3.63, 3.8) is 0 Å². The van der Waals surface area contributed by atoms with E-state index in [9.17, 15) is 4.79 Å². The number of hydrogen-bond donors (Lipinski definition) is 2. The molecule has 0 fully saturated rings. The van der Waals surface area contributed by atoms with Gasteiger partial charge in [0.1, 0.15) is 11.5 Å². The molecule has 0 bridgehead atoms. The predicted octanol–water partition coefficient (Wildman–Crippen LogP) is 1.01. The fourth-order valence-electron chi connectivity index (χ4n) is 1.83. The van der Waals surface area contributed by atoms with Crippen LogP contribution in [-0.4, -0.2) is 48.5 Å². The Bertz CT molecular complexity index is 802. The second kappa shape index (κ2) is 7.68. The summed E-state index contributed by atoms with van der Waals surface area (Å²) >= 11 is 1.27. The van der Waals surface area contributed by atoms with Gasteiger partial charge in [-0.1, -0.05) is 23.0 Å². The molecule has 2 N–H and O–H groups in total. The van der Waals surface area contributed by atoms with E-state index in [2.05, 4.69) is 35.6 Å². The lowest BCUT2D eigenvalue weighted by atomic mass is 10.3. The molecule has 0 aliphatic carbocycles. The number of aromatic amines is 1. The summed E-state index contributed by atoms with van der Waals surface area (Å²) in [6, 6.07) is 5.47. The second-order valence-electron chi connectivity index (χ2n) is 4.82. The fourth-order valence-corrected chi connectivity index (χ4v) is 2.51. The van der Waals surface area contributed by atoms with Crippen molar-refractivity contribution in [2.75, 3.05) is 12.3 Å². The standard InChI is InChI=1S/C14H15N7O2S/c1-9-17-14(20-19-9)24-8-11(22)16-7-5-12-18-13(21-23-12)10-4-2-3-6-15-10/h2-4,6H,5,7-8H2,1H3,(H,16,22)(H,17,19,20). The molecule has 0 saturated carbocycles. The van der Waals surface area contributed by atoms with Gasteiger partial charge in [-0.25, -0.2) is 4.98 Å². The van der Waals surface area contributed by atoms with Gasteiger partial charge >= 0.3 is 0 Å². The number of nitrogens with zero attached hydrogens (tertiary/aromatic N) is 5. The van der Waals surface area contributed by atoms with Gasteiger partial charge in [-0.3, -0.25) is 14.9 Å². The molecule has 0 unspecified atom stereocenters. The van der Waals surface area contributed by atoms with Crippen LogP contribution in [-0.2, 0) is 11.2 Å². The molecule has 0 saturated heterocycles. The predicted molar refractivity (Wildman–Crippen MR) is 86.1 cm³/mol. The molecule has 0 aromatic carbocycles. The molecule has 0 atom stereocenters. The number of aromatic nitrogens is 6. The van der Waals surface area contributed by atoms with E-state index in [-0.39, 0.29) is 11.7 Å². The van der Waals surface area contributed by atoms with Crippen LogP contribution in [0.15, 0.2) is 34.1 Å². The van der Waals surface area contributed by atoms with Crippen molar-refractivity contribution >= 4 is 17.7 Å². The Labute approximate surface area is 141 Å². The Morgan fingerprint density at radius 2 is 2.29 bits per heavy atom. The first-order chi connectivity index (χ1) is 11.7. The fraction of sp³-hybridized carbons (Fsp3) is 0.286. The maximum Gasteiger partial charge on any atom is 0.230 e. The minimum Gasteiger partial charge on any atom is -0.355 e. The third kappa shape index (κ3) is 4.38. The number of H-pyrrole nitrogens is 1. The Balaban J connectivity index is 1.41. The number of rotatable bonds is 7. The van der Waals surface area contributed by atoms with E-state index in [0.29, 0.717) is 35.5 Å². The molecule has 3 rings (SSSR count). The number of hydrogen-bond acceptors (Lipinski definition) is 8. The number of thioether (sulfide) groups is 1. The average Bonchev–Trinajstić information content (AvgIpc) is 3.23. The summed E-state index contributed by atoms with van der Waals surface area (Å²) in [5, 5.41) is 13.9. The third-order valence-corrected chi connectivity index (χ3v) is 3.78. The molecule has 0 spiro atoms. The van der Waals surface area contributed by atoms with Gasteiger partial charge in [0, 0.05) is 19.2 Å². The highest BCUT2D eigenvalue weighted by atomic mass is 32.2. The van der Waals surface area contributed by atoms with Crippen LogP contribution in [0.2, 0.25) is 0 Å². The molecular weight excluding hydrogens is 330 g/mol. The first kappa shape index (κ1) is 16.1. The topological polar surface area (TPSA) is 122 Å². The normalized spacial score (nSPS) is 10.7. The zero-order chi connectivity index (χ0) is 16.8. The summed E-state index contributed by atoms with van der Waals surface area (Å²) in [6.45, 7) is 2.22. The third-order valence-electron chi connectivity index (χ3n) is 2.93. The molecule has 0 aliphatic rings. The van der Waals surface area contributed by atoms with Crippen LogP contribution in [0.3, 0.4) is 0 Å². The second-order valence-corrected chi connectivity index (χ2v) is 5.76. The summed E-state index contributed by atoms with van der Waals surface area (Å²) in [6.07, 6.45) is 2.12. The van der Waals surface area contributed by atoms with E-state index in [1.807, 2.05) is 12.1 Å². The highest BCUT2D eigenvalue weighted by Crippen LogP contribution is 2.12. The van der Waals surface area contributed by atoms with Crippen LogP contribution in [0.25, 0.3) is 11.5 Å². The van der Waals surface area contributed by atoms with Crippen molar-refractivity contribution in [1.82, 2.24) is 35.6 Å². The Morgan fingerprint density at radius 3 is 3.04 bits per heavy atom. The van der Waals surface area contributed by atoms with Crippen molar-refractivity contribution < 1.29 is 9.32 Å². The van der Waals surface area contributed by atoms with Crippen LogP contribution >= 0.6 is 11.8 Å². The SMILES string of the molecule is Cc1nc(SCC(=O)NCCc2nc(-c3ccccn3)no2)n[nH]1. The largest absolute Gasteiger partial charge is 0.355 e. The van der Waals surface area contributed by atoms with E-state index < -0.39 is 0 Å². The molecule has 24 heavy (non-hydrogen) atoms. The van der Waals surface area contributed by atoms with E-state index in [1.54, 1.807) is 19.2 Å². The first-order valence-corrected chi connectivity index (χ1v) is 8.22. The smallest absolute Gasteiger partial charge is 0.230 e. The van der Waals surface area contributed by atoms with E-state index in [0.717, 1.165) is 5.82 Å². The highest BCUT2D eigenvalue weighted by Gasteiger charge is 2.10. The van der Waals surface area contributed by atoms with Crippen LogP contribution in [0.4, 0.5) is 0 Å². The number of carbonyl (C=O) groups excluding carboxylic acids is 1. The van der Waals surface area contributed by atoms with E-state index >= 15 is 0 Å². The van der Waals surface area contributed by atoms with E-state index in [4.69, 9.17) is 4.52 Å². The molecule has 3 aromatic rings. The Morgan fingerprint density at radius 1 is 1.38 bits per heavy atom. The minimum atomic E-state index is -0.105. The summed E-state index contributed by atoms with van der Waals surface area (Å²) in [5.74, 6) is 1.76. The number of carbonyl (C=O) groups is 1. The van der Waals surface area contributed by atoms with Gasteiger partial charge in [0.25, 0.3) is 0 Å². The zero-order valence-electron chi connectivity index (χ0n) is 12.9. The van der Waals surface area contributed by atoms with Gasteiger partial charge in [0.2, 0.25) is 22.8 Å². The number of aryl methyl sites for hydroxylation is 1. The van der Waals surface area contributed by atoms with Crippen LogP contribution in [0, 0.1) is 6.92 Å². The molecule has 9 nitrogen and oxygen atoms in total. The van der Waals surface area contributed by atoms with Gasteiger partial charge in [-0.2, -0.15) is 4.98 Å².